The number of nitrogens with zero attached hydrogens (tertiary/aromatic N) is 2. The second kappa shape index (κ2) is 8.82. The van der Waals surface area contributed by atoms with Gasteiger partial charge < -0.3 is 14.6 Å². The van der Waals surface area contributed by atoms with Crippen LogP contribution in [-0.4, -0.2) is 22.1 Å². The number of benzene rings is 2. The number of amides is 1. The monoisotopic (exact) mass is 449 g/mol. The molecule has 168 valence electrons. The van der Waals surface area contributed by atoms with Gasteiger partial charge in [0, 0.05) is 41.1 Å². The molecule has 8 heteroatoms. The third kappa shape index (κ3) is 4.59. The molecule has 0 bridgehead atoms. The van der Waals surface area contributed by atoms with Crippen molar-refractivity contribution in [3.8, 4) is 16.9 Å². The van der Waals surface area contributed by atoms with E-state index in [9.17, 15) is 18.4 Å². The molecule has 0 fully saturated rings. The zero-order valence-electron chi connectivity index (χ0n) is 18.2. The van der Waals surface area contributed by atoms with Gasteiger partial charge in [0.2, 0.25) is 0 Å². The van der Waals surface area contributed by atoms with E-state index in [1.165, 1.54) is 24.3 Å². The van der Waals surface area contributed by atoms with Gasteiger partial charge in [-0.2, -0.15) is 8.78 Å². The van der Waals surface area contributed by atoms with Crippen molar-refractivity contribution < 1.29 is 18.3 Å². The van der Waals surface area contributed by atoms with Crippen molar-refractivity contribution in [2.24, 2.45) is 7.05 Å². The molecule has 0 aliphatic rings. The number of rotatable bonds is 5. The first-order valence-corrected chi connectivity index (χ1v) is 10.2. The first kappa shape index (κ1) is 22.1. The highest BCUT2D eigenvalue weighted by Gasteiger charge is 2.14. The van der Waals surface area contributed by atoms with Crippen molar-refractivity contribution in [3.63, 3.8) is 0 Å². The van der Waals surface area contributed by atoms with Crippen molar-refractivity contribution in [2.75, 3.05) is 5.32 Å². The number of carbonyl (C=O) groups excluding carboxylic acids is 1. The molecule has 33 heavy (non-hydrogen) atoms. The van der Waals surface area contributed by atoms with E-state index in [0.29, 0.717) is 16.8 Å². The second-order valence-corrected chi connectivity index (χ2v) is 7.70. The van der Waals surface area contributed by atoms with Crippen LogP contribution in [0.1, 0.15) is 21.6 Å². The Hall–Kier alpha value is -4.07. The summed E-state index contributed by atoms with van der Waals surface area (Å²) in [5.41, 5.74) is 4.07. The standard InChI is InChI=1S/C25H21F2N3O3/c1-14-7-8-18(29-23(31)16-5-4-6-19(10-16)33-25(26)27)12-20(14)21-11-17-13-28-15(2)9-22(17)30(3)24(21)32/h4-13,25H,1-3H3,(H,29,31). The topological polar surface area (TPSA) is 73.2 Å². The van der Waals surface area contributed by atoms with Crippen LogP contribution in [0.25, 0.3) is 22.0 Å². The van der Waals surface area contributed by atoms with Crippen LogP contribution in [0.3, 0.4) is 0 Å². The quantitative estimate of drug-likeness (QED) is 0.462. The van der Waals surface area contributed by atoms with E-state index in [0.717, 1.165) is 22.2 Å². The predicted molar refractivity (Wildman–Crippen MR) is 123 cm³/mol. The molecule has 2 aromatic carbocycles. The average molecular weight is 449 g/mol. The van der Waals surface area contributed by atoms with Gasteiger partial charge in [-0.1, -0.05) is 12.1 Å². The molecule has 1 amide bonds. The lowest BCUT2D eigenvalue weighted by molar-refractivity contribution is -0.0498. The zero-order valence-corrected chi connectivity index (χ0v) is 18.2. The summed E-state index contributed by atoms with van der Waals surface area (Å²) < 4.78 is 30.9. The van der Waals surface area contributed by atoms with E-state index in [-0.39, 0.29) is 16.9 Å². The van der Waals surface area contributed by atoms with Gasteiger partial charge in [0.25, 0.3) is 11.5 Å². The molecule has 4 aromatic rings. The Kier molecular flexibility index (Phi) is 5.91. The SMILES string of the molecule is Cc1cc2c(cn1)cc(-c1cc(NC(=O)c3cccc(OC(F)F)c3)ccc1C)c(=O)n2C. The third-order valence-electron chi connectivity index (χ3n) is 5.35. The fourth-order valence-corrected chi connectivity index (χ4v) is 3.66. The highest BCUT2D eigenvalue weighted by atomic mass is 19.3. The summed E-state index contributed by atoms with van der Waals surface area (Å²) in [6.45, 7) is 0.763. The summed E-state index contributed by atoms with van der Waals surface area (Å²) in [6.07, 6.45) is 1.73. The highest BCUT2D eigenvalue weighted by Crippen LogP contribution is 2.27. The molecule has 0 radical (unpaired) electrons. The number of pyridine rings is 2. The van der Waals surface area contributed by atoms with Gasteiger partial charge >= 0.3 is 6.61 Å². The number of fused-ring (bicyclic) bond motifs is 1. The largest absolute Gasteiger partial charge is 0.435 e. The van der Waals surface area contributed by atoms with E-state index in [2.05, 4.69) is 15.0 Å². The van der Waals surface area contributed by atoms with Crippen LogP contribution < -0.4 is 15.6 Å². The molecule has 0 saturated heterocycles. The van der Waals surface area contributed by atoms with Crippen LogP contribution in [0.2, 0.25) is 0 Å². The van der Waals surface area contributed by atoms with Crippen LogP contribution in [-0.2, 0) is 7.05 Å². The van der Waals surface area contributed by atoms with Crippen LogP contribution >= 0.6 is 0 Å². The molecule has 2 heterocycles. The van der Waals surface area contributed by atoms with E-state index in [1.807, 2.05) is 19.9 Å². The minimum atomic E-state index is -2.98. The van der Waals surface area contributed by atoms with Crippen molar-refractivity contribution in [1.82, 2.24) is 9.55 Å². The van der Waals surface area contributed by atoms with E-state index in [4.69, 9.17) is 0 Å². The van der Waals surface area contributed by atoms with Crippen LogP contribution in [0, 0.1) is 13.8 Å². The van der Waals surface area contributed by atoms with Gasteiger partial charge in [0.15, 0.2) is 0 Å². The fraction of sp³-hybridized carbons (Fsp3) is 0.160. The van der Waals surface area contributed by atoms with Crippen molar-refractivity contribution in [1.29, 1.82) is 0 Å². The molecular formula is C25H21F2N3O3. The summed E-state index contributed by atoms with van der Waals surface area (Å²) in [5.74, 6) is -0.596. The number of halogens is 2. The van der Waals surface area contributed by atoms with E-state index >= 15 is 0 Å². The zero-order chi connectivity index (χ0) is 23.7. The maximum atomic E-state index is 13.1. The smallest absolute Gasteiger partial charge is 0.387 e. The first-order chi connectivity index (χ1) is 15.7. The number of aromatic nitrogens is 2. The predicted octanol–water partition coefficient (Wildman–Crippen LogP) is 5.07. The molecule has 2 aromatic heterocycles. The number of hydrogen-bond acceptors (Lipinski definition) is 4. The summed E-state index contributed by atoms with van der Waals surface area (Å²) in [5, 5.41) is 3.57. The number of aryl methyl sites for hydroxylation is 3. The van der Waals surface area contributed by atoms with Crippen molar-refractivity contribution in [3.05, 3.63) is 88.0 Å². The molecule has 0 aliphatic carbocycles. The van der Waals surface area contributed by atoms with Crippen molar-refractivity contribution in [2.45, 2.75) is 20.5 Å². The normalized spacial score (nSPS) is 11.1. The van der Waals surface area contributed by atoms with Crippen LogP contribution in [0.4, 0.5) is 14.5 Å². The maximum Gasteiger partial charge on any atom is 0.387 e. The molecule has 6 nitrogen and oxygen atoms in total. The number of carbonyl (C=O) groups is 1. The van der Waals surface area contributed by atoms with E-state index < -0.39 is 12.5 Å². The maximum absolute atomic E-state index is 13.1. The average Bonchev–Trinajstić information content (AvgIpc) is 2.78. The Balaban J connectivity index is 1.70. The van der Waals surface area contributed by atoms with Crippen LogP contribution in [0.15, 0.2) is 65.6 Å². The number of ether oxygens (including phenoxy) is 1. The molecular weight excluding hydrogens is 428 g/mol. The van der Waals surface area contributed by atoms with Gasteiger partial charge in [-0.3, -0.25) is 14.6 Å². The van der Waals surface area contributed by atoms with Crippen LogP contribution in [0.5, 0.6) is 5.75 Å². The summed E-state index contributed by atoms with van der Waals surface area (Å²) in [6, 6.07) is 14.4. The Morgan fingerprint density at radius 3 is 2.61 bits per heavy atom. The molecule has 0 spiro atoms. The molecule has 1 N–H and O–H groups in total. The van der Waals surface area contributed by atoms with Gasteiger partial charge in [-0.15, -0.1) is 0 Å². The Bertz CT molecular complexity index is 1430. The van der Waals surface area contributed by atoms with Crippen molar-refractivity contribution >= 4 is 22.5 Å². The molecule has 0 aliphatic heterocycles. The minimum Gasteiger partial charge on any atom is -0.435 e. The lowest BCUT2D eigenvalue weighted by Gasteiger charge is -2.13. The van der Waals surface area contributed by atoms with Gasteiger partial charge in [-0.25, -0.2) is 0 Å². The van der Waals surface area contributed by atoms with Gasteiger partial charge in [-0.05, 0) is 67.4 Å². The van der Waals surface area contributed by atoms with E-state index in [1.54, 1.807) is 42.1 Å². The summed E-state index contributed by atoms with van der Waals surface area (Å²) >= 11 is 0. The number of alkyl halides is 2. The molecule has 0 atom stereocenters. The van der Waals surface area contributed by atoms with Gasteiger partial charge in [0.05, 0.1) is 5.52 Å². The third-order valence-corrected chi connectivity index (χ3v) is 5.35. The Morgan fingerprint density at radius 2 is 1.85 bits per heavy atom. The summed E-state index contributed by atoms with van der Waals surface area (Å²) in [7, 11) is 1.71. The number of hydrogen-bond donors (Lipinski definition) is 1. The summed E-state index contributed by atoms with van der Waals surface area (Å²) in [4.78, 5) is 30.1. The Morgan fingerprint density at radius 1 is 1.06 bits per heavy atom. The number of nitrogens with one attached hydrogen (secondary N) is 1. The number of anilines is 1. The first-order valence-electron chi connectivity index (χ1n) is 10.2. The molecule has 4 rings (SSSR count). The molecule has 0 unspecified atom stereocenters. The highest BCUT2D eigenvalue weighted by molar-refractivity contribution is 6.04. The minimum absolute atomic E-state index is 0.106. The molecule has 0 saturated carbocycles. The van der Waals surface area contributed by atoms with Gasteiger partial charge in [0.1, 0.15) is 5.75 Å². The lowest BCUT2D eigenvalue weighted by Crippen LogP contribution is -2.19. The fourth-order valence-electron chi connectivity index (χ4n) is 3.66. The Labute approximate surface area is 188 Å². The lowest BCUT2D eigenvalue weighted by atomic mass is 9.99. The second-order valence-electron chi connectivity index (χ2n) is 7.70.